The quantitative estimate of drug-likeness (QED) is 0.286. The van der Waals surface area contributed by atoms with Crippen LogP contribution in [0.25, 0.3) is 0 Å². The third-order valence-corrected chi connectivity index (χ3v) is 4.07. The van der Waals surface area contributed by atoms with Crippen LogP contribution in [0.4, 0.5) is 0 Å². The number of nitrogens with zero attached hydrogens (tertiary/aromatic N) is 1. The molecule has 5 heteroatoms. The van der Waals surface area contributed by atoms with Crippen LogP contribution < -0.4 is 10.6 Å². The summed E-state index contributed by atoms with van der Waals surface area (Å²) < 4.78 is 5.34. The third-order valence-electron chi connectivity index (χ3n) is 4.07. The van der Waals surface area contributed by atoms with Gasteiger partial charge in [-0.2, -0.15) is 0 Å². The summed E-state index contributed by atoms with van der Waals surface area (Å²) in [5, 5.41) is 6.64. The fourth-order valence-electron chi connectivity index (χ4n) is 2.72. The highest BCUT2D eigenvalue weighted by molar-refractivity contribution is 14.0. The summed E-state index contributed by atoms with van der Waals surface area (Å²) in [5.74, 6) is 0.932. The van der Waals surface area contributed by atoms with Gasteiger partial charge in [0.2, 0.25) is 0 Å². The largest absolute Gasteiger partial charge is 0.380 e. The van der Waals surface area contributed by atoms with Gasteiger partial charge >= 0.3 is 0 Å². The van der Waals surface area contributed by atoms with E-state index in [0.717, 1.165) is 38.8 Å². The van der Waals surface area contributed by atoms with E-state index in [1.165, 1.54) is 32.1 Å². The molecular weight excluding hydrogens is 365 g/mol. The lowest BCUT2D eigenvalue weighted by Gasteiger charge is -2.25. The number of rotatable bonds is 8. The molecule has 0 amide bonds. The molecule has 20 heavy (non-hydrogen) atoms. The first-order chi connectivity index (χ1) is 9.26. The van der Waals surface area contributed by atoms with Crippen molar-refractivity contribution in [3.8, 4) is 0 Å². The highest BCUT2D eigenvalue weighted by Crippen LogP contribution is 2.41. The molecule has 0 bridgehead atoms. The average Bonchev–Trinajstić information content (AvgIpc) is 2.90. The maximum atomic E-state index is 5.34. The fourth-order valence-corrected chi connectivity index (χ4v) is 2.72. The van der Waals surface area contributed by atoms with Gasteiger partial charge in [0.05, 0.1) is 6.61 Å². The van der Waals surface area contributed by atoms with Crippen molar-refractivity contribution in [1.82, 2.24) is 10.6 Å². The molecule has 1 saturated carbocycles. The smallest absolute Gasteiger partial charge is 0.191 e. The SMILES string of the molecule is CCNC(=NCC1(CC)CCCC1)NCCOCC.I. The van der Waals surface area contributed by atoms with Crippen molar-refractivity contribution >= 4 is 29.9 Å². The van der Waals surface area contributed by atoms with Gasteiger partial charge in [0.15, 0.2) is 5.96 Å². The van der Waals surface area contributed by atoms with Crippen LogP contribution in [0.15, 0.2) is 4.99 Å². The van der Waals surface area contributed by atoms with E-state index in [4.69, 9.17) is 9.73 Å². The van der Waals surface area contributed by atoms with Gasteiger partial charge in [-0.25, -0.2) is 0 Å². The molecule has 0 saturated heterocycles. The summed E-state index contributed by atoms with van der Waals surface area (Å²) in [6.45, 7) is 10.6. The van der Waals surface area contributed by atoms with Gasteiger partial charge in [-0.15, -0.1) is 24.0 Å². The molecule has 0 unspecified atom stereocenters. The van der Waals surface area contributed by atoms with Gasteiger partial charge in [-0.3, -0.25) is 4.99 Å². The molecule has 1 aliphatic carbocycles. The van der Waals surface area contributed by atoms with Gasteiger partial charge < -0.3 is 15.4 Å². The highest BCUT2D eigenvalue weighted by Gasteiger charge is 2.31. The maximum absolute atomic E-state index is 5.34. The second kappa shape index (κ2) is 11.6. The molecule has 0 heterocycles. The summed E-state index contributed by atoms with van der Waals surface area (Å²) in [5.41, 5.74) is 0.461. The Kier molecular flexibility index (Phi) is 11.6. The van der Waals surface area contributed by atoms with Crippen LogP contribution in [0.3, 0.4) is 0 Å². The molecule has 4 nitrogen and oxygen atoms in total. The van der Waals surface area contributed by atoms with E-state index in [1.54, 1.807) is 0 Å². The molecule has 0 aromatic heterocycles. The summed E-state index contributed by atoms with van der Waals surface area (Å²) in [6, 6.07) is 0. The lowest BCUT2D eigenvalue weighted by molar-refractivity contribution is 0.152. The Morgan fingerprint density at radius 3 is 2.40 bits per heavy atom. The van der Waals surface area contributed by atoms with Crippen LogP contribution in [0.2, 0.25) is 0 Å². The van der Waals surface area contributed by atoms with E-state index in [0.29, 0.717) is 5.41 Å². The Labute approximate surface area is 141 Å². The van der Waals surface area contributed by atoms with E-state index in [-0.39, 0.29) is 24.0 Å². The number of hydrogen-bond donors (Lipinski definition) is 2. The van der Waals surface area contributed by atoms with Crippen molar-refractivity contribution in [3.05, 3.63) is 0 Å². The third kappa shape index (κ3) is 7.11. The Balaban J connectivity index is 0.00000361. The number of guanidine groups is 1. The summed E-state index contributed by atoms with van der Waals surface area (Å²) >= 11 is 0. The topological polar surface area (TPSA) is 45.7 Å². The first kappa shape index (κ1) is 20.0. The molecule has 1 aliphatic rings. The van der Waals surface area contributed by atoms with E-state index >= 15 is 0 Å². The van der Waals surface area contributed by atoms with Gasteiger partial charge in [0, 0.05) is 26.2 Å². The predicted octanol–water partition coefficient (Wildman–Crippen LogP) is 3.17. The Hall–Kier alpha value is -0.0400. The molecule has 1 fully saturated rings. The number of hydrogen-bond acceptors (Lipinski definition) is 2. The first-order valence-corrected chi connectivity index (χ1v) is 7.86. The van der Waals surface area contributed by atoms with E-state index < -0.39 is 0 Å². The highest BCUT2D eigenvalue weighted by atomic mass is 127. The summed E-state index contributed by atoms with van der Waals surface area (Å²) in [6.07, 6.45) is 6.67. The van der Waals surface area contributed by atoms with Crippen molar-refractivity contribution in [2.45, 2.75) is 52.9 Å². The molecule has 0 spiro atoms. The molecule has 120 valence electrons. The van der Waals surface area contributed by atoms with E-state index in [9.17, 15) is 0 Å². The molecule has 0 aromatic rings. The van der Waals surface area contributed by atoms with Crippen LogP contribution in [-0.2, 0) is 4.74 Å². The van der Waals surface area contributed by atoms with Gasteiger partial charge in [-0.05, 0) is 38.5 Å². The van der Waals surface area contributed by atoms with E-state index in [1.807, 2.05) is 6.92 Å². The Bertz CT molecular complexity index is 266. The Morgan fingerprint density at radius 2 is 1.85 bits per heavy atom. The molecule has 0 aliphatic heterocycles. The van der Waals surface area contributed by atoms with Crippen LogP contribution in [0, 0.1) is 5.41 Å². The van der Waals surface area contributed by atoms with Crippen molar-refractivity contribution in [1.29, 1.82) is 0 Å². The normalized spacial score (nSPS) is 17.6. The fraction of sp³-hybridized carbons (Fsp3) is 0.933. The number of nitrogens with one attached hydrogen (secondary N) is 2. The van der Waals surface area contributed by atoms with Crippen LogP contribution in [0.5, 0.6) is 0 Å². The Morgan fingerprint density at radius 1 is 1.15 bits per heavy atom. The first-order valence-electron chi connectivity index (χ1n) is 7.86. The van der Waals surface area contributed by atoms with Crippen LogP contribution in [-0.4, -0.2) is 38.8 Å². The zero-order valence-electron chi connectivity index (χ0n) is 13.3. The van der Waals surface area contributed by atoms with Crippen LogP contribution in [0.1, 0.15) is 52.9 Å². The average molecular weight is 397 g/mol. The van der Waals surface area contributed by atoms with Crippen molar-refractivity contribution in [3.63, 3.8) is 0 Å². The van der Waals surface area contributed by atoms with Gasteiger partial charge in [0.25, 0.3) is 0 Å². The summed E-state index contributed by atoms with van der Waals surface area (Å²) in [7, 11) is 0. The number of ether oxygens (including phenoxy) is 1. The maximum Gasteiger partial charge on any atom is 0.191 e. The van der Waals surface area contributed by atoms with E-state index in [2.05, 4.69) is 24.5 Å². The molecule has 0 aromatic carbocycles. The molecular formula is C15H32IN3O. The standard InChI is InChI=1S/C15H31N3O.HI/c1-4-15(9-7-8-10-15)13-18-14(16-5-2)17-11-12-19-6-3;/h4-13H2,1-3H3,(H2,16,17,18);1H. The predicted molar refractivity (Wildman–Crippen MR) is 97.1 cm³/mol. The van der Waals surface area contributed by atoms with Crippen LogP contribution >= 0.6 is 24.0 Å². The van der Waals surface area contributed by atoms with Gasteiger partial charge in [-0.1, -0.05) is 19.8 Å². The number of aliphatic imine (C=N–C) groups is 1. The van der Waals surface area contributed by atoms with Gasteiger partial charge in [0.1, 0.15) is 0 Å². The second-order valence-electron chi connectivity index (χ2n) is 5.38. The zero-order chi connectivity index (χ0) is 14.0. The van der Waals surface area contributed by atoms with Crippen molar-refractivity contribution in [2.24, 2.45) is 10.4 Å². The molecule has 0 atom stereocenters. The lowest BCUT2D eigenvalue weighted by Crippen LogP contribution is -2.39. The minimum absolute atomic E-state index is 0. The van der Waals surface area contributed by atoms with Crippen molar-refractivity contribution in [2.75, 3.05) is 32.8 Å². The molecule has 0 radical (unpaired) electrons. The van der Waals surface area contributed by atoms with Crippen molar-refractivity contribution < 1.29 is 4.74 Å². The number of halogens is 1. The minimum Gasteiger partial charge on any atom is -0.380 e. The lowest BCUT2D eigenvalue weighted by atomic mass is 9.84. The summed E-state index contributed by atoms with van der Waals surface area (Å²) in [4.78, 5) is 4.77. The zero-order valence-corrected chi connectivity index (χ0v) is 15.7. The second-order valence-corrected chi connectivity index (χ2v) is 5.38. The minimum atomic E-state index is 0. The molecule has 2 N–H and O–H groups in total. The monoisotopic (exact) mass is 397 g/mol. The molecule has 1 rings (SSSR count).